The van der Waals surface area contributed by atoms with Crippen LogP contribution in [0.15, 0.2) is 12.5 Å². The fourth-order valence-electron chi connectivity index (χ4n) is 2.31. The second-order valence-electron chi connectivity index (χ2n) is 6.18. The molecular formula is C15H24N4O2. The van der Waals surface area contributed by atoms with Crippen LogP contribution in [0.1, 0.15) is 33.3 Å². The summed E-state index contributed by atoms with van der Waals surface area (Å²) in [5.41, 5.74) is 0.694. The molecule has 21 heavy (non-hydrogen) atoms. The number of aromatic nitrogens is 2. The zero-order valence-corrected chi connectivity index (χ0v) is 13.3. The largest absolute Gasteiger partial charge is 0.444 e. The molecule has 0 radical (unpaired) electrons. The van der Waals surface area contributed by atoms with Gasteiger partial charge >= 0.3 is 6.09 Å². The van der Waals surface area contributed by atoms with E-state index in [1.165, 1.54) is 0 Å². The number of piperazine rings is 1. The highest BCUT2D eigenvalue weighted by molar-refractivity contribution is 5.68. The second kappa shape index (κ2) is 6.28. The predicted octanol–water partition coefficient (Wildman–Crippen LogP) is 2.10. The molecule has 1 fully saturated rings. The first-order chi connectivity index (χ1) is 9.90. The quantitative estimate of drug-likeness (QED) is 0.835. The second-order valence-corrected chi connectivity index (χ2v) is 6.18. The Kier molecular flexibility index (Phi) is 4.65. The average molecular weight is 292 g/mol. The molecule has 0 bridgehead atoms. The molecule has 116 valence electrons. The Balaban J connectivity index is 1.96. The highest BCUT2D eigenvalue weighted by atomic mass is 16.6. The summed E-state index contributed by atoms with van der Waals surface area (Å²) in [6.45, 7) is 10.6. The minimum Gasteiger partial charge on any atom is -0.444 e. The van der Waals surface area contributed by atoms with Crippen LogP contribution in [0.2, 0.25) is 0 Å². The maximum absolute atomic E-state index is 12.0. The van der Waals surface area contributed by atoms with Crippen LogP contribution in [0, 0.1) is 0 Å². The molecule has 6 heteroatoms. The van der Waals surface area contributed by atoms with E-state index >= 15 is 0 Å². The zero-order valence-electron chi connectivity index (χ0n) is 13.3. The number of anilines is 1. The number of hydrogen-bond donors (Lipinski definition) is 0. The molecule has 1 aromatic heterocycles. The van der Waals surface area contributed by atoms with Crippen LogP contribution in [0.3, 0.4) is 0 Å². The minimum absolute atomic E-state index is 0.236. The van der Waals surface area contributed by atoms with E-state index in [0.717, 1.165) is 30.9 Å². The van der Waals surface area contributed by atoms with Crippen molar-refractivity contribution in [1.82, 2.24) is 14.9 Å². The van der Waals surface area contributed by atoms with Gasteiger partial charge in [-0.05, 0) is 27.2 Å². The number of nitrogens with zero attached hydrogens (tertiary/aromatic N) is 4. The van der Waals surface area contributed by atoms with Crippen molar-refractivity contribution in [2.24, 2.45) is 0 Å². The Bertz CT molecular complexity index is 491. The van der Waals surface area contributed by atoms with E-state index in [1.807, 2.05) is 27.0 Å². The highest BCUT2D eigenvalue weighted by Crippen LogP contribution is 2.19. The summed E-state index contributed by atoms with van der Waals surface area (Å²) in [5, 5.41) is 0. The number of amides is 1. The molecule has 0 spiro atoms. The van der Waals surface area contributed by atoms with Gasteiger partial charge in [0, 0.05) is 37.9 Å². The Hall–Kier alpha value is -1.85. The van der Waals surface area contributed by atoms with Crippen LogP contribution in [0.5, 0.6) is 0 Å². The molecule has 6 nitrogen and oxygen atoms in total. The fourth-order valence-corrected chi connectivity index (χ4v) is 2.31. The van der Waals surface area contributed by atoms with Crippen molar-refractivity contribution < 1.29 is 9.53 Å². The van der Waals surface area contributed by atoms with Crippen LogP contribution < -0.4 is 4.90 Å². The van der Waals surface area contributed by atoms with Crippen molar-refractivity contribution in [1.29, 1.82) is 0 Å². The number of carbonyl (C=O) groups excluding carboxylic acids is 1. The molecule has 1 aliphatic heterocycles. The number of aryl methyl sites for hydroxylation is 1. The number of rotatable bonds is 2. The number of ether oxygens (including phenoxy) is 1. The first-order valence-corrected chi connectivity index (χ1v) is 7.42. The molecule has 2 rings (SSSR count). The van der Waals surface area contributed by atoms with Gasteiger partial charge in [-0.2, -0.15) is 0 Å². The van der Waals surface area contributed by atoms with Gasteiger partial charge in [0.25, 0.3) is 0 Å². The lowest BCUT2D eigenvalue weighted by Crippen LogP contribution is -2.50. The van der Waals surface area contributed by atoms with Crippen molar-refractivity contribution >= 4 is 11.9 Å². The van der Waals surface area contributed by atoms with E-state index in [1.54, 1.807) is 11.2 Å². The van der Waals surface area contributed by atoms with Gasteiger partial charge in [0.2, 0.25) is 0 Å². The lowest BCUT2D eigenvalue weighted by molar-refractivity contribution is 0.0240. The molecule has 0 unspecified atom stereocenters. The third-order valence-electron chi connectivity index (χ3n) is 3.38. The minimum atomic E-state index is -0.448. The molecule has 0 N–H and O–H groups in total. The summed E-state index contributed by atoms with van der Waals surface area (Å²) < 4.78 is 5.41. The number of carbonyl (C=O) groups is 1. The Morgan fingerprint density at radius 1 is 1.29 bits per heavy atom. The SMILES string of the molecule is CCc1cncnc1N1CCN(C(=O)OC(C)(C)C)CC1. The van der Waals surface area contributed by atoms with Crippen molar-refractivity contribution in [3.8, 4) is 0 Å². The highest BCUT2D eigenvalue weighted by Gasteiger charge is 2.26. The lowest BCUT2D eigenvalue weighted by atomic mass is 10.2. The van der Waals surface area contributed by atoms with E-state index in [4.69, 9.17) is 4.74 Å². The van der Waals surface area contributed by atoms with Gasteiger partial charge < -0.3 is 14.5 Å². The van der Waals surface area contributed by atoms with Crippen molar-refractivity contribution in [3.63, 3.8) is 0 Å². The monoisotopic (exact) mass is 292 g/mol. The number of hydrogen-bond acceptors (Lipinski definition) is 5. The summed E-state index contributed by atoms with van der Waals surface area (Å²) in [5.74, 6) is 0.983. The molecule has 1 aromatic rings. The molecule has 0 saturated carbocycles. The summed E-state index contributed by atoms with van der Waals surface area (Å²) >= 11 is 0. The van der Waals surface area contributed by atoms with Crippen molar-refractivity contribution in [2.45, 2.75) is 39.7 Å². The van der Waals surface area contributed by atoms with E-state index in [2.05, 4.69) is 21.8 Å². The van der Waals surface area contributed by atoms with Crippen LogP contribution >= 0.6 is 0 Å². The topological polar surface area (TPSA) is 58.6 Å². The van der Waals surface area contributed by atoms with Crippen LogP contribution in [0.25, 0.3) is 0 Å². The smallest absolute Gasteiger partial charge is 0.410 e. The van der Waals surface area contributed by atoms with E-state index in [0.29, 0.717) is 13.1 Å². The Labute approximate surface area is 126 Å². The van der Waals surface area contributed by atoms with Gasteiger partial charge in [0.05, 0.1) is 0 Å². The molecule has 0 aromatic carbocycles. The molecule has 2 heterocycles. The van der Waals surface area contributed by atoms with E-state index < -0.39 is 5.60 Å². The molecule has 1 saturated heterocycles. The Morgan fingerprint density at radius 3 is 2.52 bits per heavy atom. The fraction of sp³-hybridized carbons (Fsp3) is 0.667. The first kappa shape index (κ1) is 15.5. The van der Waals surface area contributed by atoms with Gasteiger partial charge in [-0.25, -0.2) is 14.8 Å². The van der Waals surface area contributed by atoms with Crippen LogP contribution in [-0.4, -0.2) is 52.7 Å². The zero-order chi connectivity index (χ0) is 15.5. The van der Waals surface area contributed by atoms with Crippen molar-refractivity contribution in [2.75, 3.05) is 31.1 Å². The normalized spacial score (nSPS) is 16.0. The van der Waals surface area contributed by atoms with Crippen LogP contribution in [0.4, 0.5) is 10.6 Å². The summed E-state index contributed by atoms with van der Waals surface area (Å²) in [6, 6.07) is 0. The Morgan fingerprint density at radius 2 is 1.95 bits per heavy atom. The van der Waals surface area contributed by atoms with E-state index in [9.17, 15) is 4.79 Å². The molecule has 0 atom stereocenters. The maximum Gasteiger partial charge on any atom is 0.410 e. The predicted molar refractivity (Wildman–Crippen MR) is 81.4 cm³/mol. The first-order valence-electron chi connectivity index (χ1n) is 7.42. The van der Waals surface area contributed by atoms with E-state index in [-0.39, 0.29) is 6.09 Å². The average Bonchev–Trinajstić information content (AvgIpc) is 2.45. The molecular weight excluding hydrogens is 268 g/mol. The molecule has 0 aliphatic carbocycles. The van der Waals surface area contributed by atoms with Crippen LogP contribution in [-0.2, 0) is 11.2 Å². The van der Waals surface area contributed by atoms with Gasteiger partial charge in [-0.15, -0.1) is 0 Å². The summed E-state index contributed by atoms with van der Waals surface area (Å²) in [7, 11) is 0. The van der Waals surface area contributed by atoms with Gasteiger partial charge in [0.15, 0.2) is 0 Å². The summed E-state index contributed by atoms with van der Waals surface area (Å²) in [6.07, 6.45) is 4.11. The third-order valence-corrected chi connectivity index (χ3v) is 3.38. The van der Waals surface area contributed by atoms with Gasteiger partial charge in [-0.3, -0.25) is 0 Å². The maximum atomic E-state index is 12.0. The van der Waals surface area contributed by atoms with Gasteiger partial charge in [0.1, 0.15) is 17.7 Å². The van der Waals surface area contributed by atoms with Gasteiger partial charge in [-0.1, -0.05) is 6.92 Å². The van der Waals surface area contributed by atoms with Crippen molar-refractivity contribution in [3.05, 3.63) is 18.1 Å². The standard InChI is InChI=1S/C15H24N4O2/c1-5-12-10-16-11-17-13(12)18-6-8-19(9-7-18)14(20)21-15(2,3)4/h10-11H,5-9H2,1-4H3. The lowest BCUT2D eigenvalue weighted by Gasteiger charge is -2.36. The molecule has 1 amide bonds. The third kappa shape index (κ3) is 4.06. The summed E-state index contributed by atoms with van der Waals surface area (Å²) in [4.78, 5) is 24.5. The molecule has 1 aliphatic rings.